The van der Waals surface area contributed by atoms with Crippen molar-refractivity contribution in [2.24, 2.45) is 0 Å². The van der Waals surface area contributed by atoms with Gasteiger partial charge in [-0.05, 0) is 60.6 Å². The number of pyridine rings is 1. The van der Waals surface area contributed by atoms with E-state index >= 15 is 0 Å². The second-order valence-corrected chi connectivity index (χ2v) is 5.72. The average molecular weight is 335 g/mol. The molecule has 0 aliphatic rings. The van der Waals surface area contributed by atoms with Gasteiger partial charge in [-0.3, -0.25) is 4.98 Å². The summed E-state index contributed by atoms with van der Waals surface area (Å²) in [5, 5.41) is 3.24. The molecule has 0 saturated heterocycles. The van der Waals surface area contributed by atoms with Crippen LogP contribution in [0.25, 0.3) is 0 Å². The molecule has 1 N–H and O–H groups in total. The number of aromatic nitrogens is 1. The van der Waals surface area contributed by atoms with Gasteiger partial charge in [0.2, 0.25) is 0 Å². The molecular formula is C16H19BrN2O. The molecule has 0 aliphatic carbocycles. The molecule has 0 amide bonds. The molecule has 1 aromatic heterocycles. The molecule has 0 bridgehead atoms. The summed E-state index contributed by atoms with van der Waals surface area (Å²) in [6.45, 7) is 4.66. The Bertz CT molecular complexity index is 569. The Labute approximate surface area is 128 Å². The Morgan fingerprint density at radius 1 is 1.30 bits per heavy atom. The van der Waals surface area contributed by atoms with E-state index in [0.29, 0.717) is 6.61 Å². The summed E-state index contributed by atoms with van der Waals surface area (Å²) in [7, 11) is 1.95. The van der Waals surface area contributed by atoms with Gasteiger partial charge in [0.1, 0.15) is 12.4 Å². The maximum absolute atomic E-state index is 5.95. The predicted molar refractivity (Wildman–Crippen MR) is 84.9 cm³/mol. The second kappa shape index (κ2) is 6.86. The fraction of sp³-hybridized carbons (Fsp3) is 0.312. The van der Waals surface area contributed by atoms with Crippen molar-refractivity contribution in [2.75, 3.05) is 7.05 Å². The first kappa shape index (κ1) is 15.0. The van der Waals surface area contributed by atoms with Crippen LogP contribution in [0.4, 0.5) is 0 Å². The maximum Gasteiger partial charge on any atom is 0.130 e. The number of aryl methyl sites for hydroxylation is 1. The highest BCUT2D eigenvalue weighted by molar-refractivity contribution is 9.10. The highest BCUT2D eigenvalue weighted by Gasteiger charge is 2.10. The molecule has 2 aromatic rings. The van der Waals surface area contributed by atoms with E-state index in [1.54, 1.807) is 6.20 Å². The summed E-state index contributed by atoms with van der Waals surface area (Å²) in [4.78, 5) is 4.32. The van der Waals surface area contributed by atoms with Crippen LogP contribution in [0.15, 0.2) is 41.0 Å². The molecule has 20 heavy (non-hydrogen) atoms. The SMILES string of the molecule is CNC(C)c1ccc(C)cc1OCc1ccc(Br)cn1. The van der Waals surface area contributed by atoms with Gasteiger partial charge in [-0.2, -0.15) is 0 Å². The first-order valence-corrected chi connectivity index (χ1v) is 7.40. The maximum atomic E-state index is 5.95. The summed E-state index contributed by atoms with van der Waals surface area (Å²) in [6, 6.07) is 10.5. The zero-order valence-corrected chi connectivity index (χ0v) is 13.6. The number of rotatable bonds is 5. The van der Waals surface area contributed by atoms with E-state index in [4.69, 9.17) is 4.74 Å². The van der Waals surface area contributed by atoms with Crippen molar-refractivity contribution in [2.45, 2.75) is 26.5 Å². The molecule has 0 spiro atoms. The quantitative estimate of drug-likeness (QED) is 0.896. The van der Waals surface area contributed by atoms with Crippen molar-refractivity contribution in [1.82, 2.24) is 10.3 Å². The van der Waals surface area contributed by atoms with E-state index in [2.05, 4.69) is 58.3 Å². The third kappa shape index (κ3) is 3.81. The third-order valence-corrected chi connectivity index (χ3v) is 3.70. The molecular weight excluding hydrogens is 316 g/mol. The van der Waals surface area contributed by atoms with Crippen molar-refractivity contribution >= 4 is 15.9 Å². The largest absolute Gasteiger partial charge is 0.487 e. The summed E-state index contributed by atoms with van der Waals surface area (Å²) >= 11 is 3.38. The number of nitrogens with one attached hydrogen (secondary N) is 1. The third-order valence-electron chi connectivity index (χ3n) is 3.23. The van der Waals surface area contributed by atoms with E-state index in [1.165, 1.54) is 5.56 Å². The molecule has 0 aliphatic heterocycles. The van der Waals surface area contributed by atoms with Crippen molar-refractivity contribution in [3.8, 4) is 5.75 Å². The zero-order valence-electron chi connectivity index (χ0n) is 12.0. The highest BCUT2D eigenvalue weighted by Crippen LogP contribution is 2.27. The minimum Gasteiger partial charge on any atom is -0.487 e. The molecule has 1 atom stereocenters. The van der Waals surface area contributed by atoms with Gasteiger partial charge in [0, 0.05) is 22.3 Å². The Kier molecular flexibility index (Phi) is 5.15. The van der Waals surface area contributed by atoms with Crippen molar-refractivity contribution in [3.05, 3.63) is 57.8 Å². The fourth-order valence-corrected chi connectivity index (χ4v) is 2.16. The normalized spacial score (nSPS) is 12.2. The molecule has 3 nitrogen and oxygen atoms in total. The number of benzene rings is 1. The first-order valence-electron chi connectivity index (χ1n) is 6.61. The van der Waals surface area contributed by atoms with Crippen LogP contribution in [-0.2, 0) is 6.61 Å². The van der Waals surface area contributed by atoms with Gasteiger partial charge in [0.05, 0.1) is 5.69 Å². The average Bonchev–Trinajstić information content (AvgIpc) is 2.46. The van der Waals surface area contributed by atoms with Crippen molar-refractivity contribution in [3.63, 3.8) is 0 Å². The van der Waals surface area contributed by atoms with Gasteiger partial charge < -0.3 is 10.1 Å². The van der Waals surface area contributed by atoms with Gasteiger partial charge >= 0.3 is 0 Å². The van der Waals surface area contributed by atoms with E-state index in [1.807, 2.05) is 19.2 Å². The molecule has 1 aromatic carbocycles. The van der Waals surface area contributed by atoms with Gasteiger partial charge in [-0.25, -0.2) is 0 Å². The zero-order chi connectivity index (χ0) is 14.5. The van der Waals surface area contributed by atoms with E-state index < -0.39 is 0 Å². The summed E-state index contributed by atoms with van der Waals surface area (Å²) in [5.74, 6) is 0.913. The molecule has 4 heteroatoms. The highest BCUT2D eigenvalue weighted by atomic mass is 79.9. The lowest BCUT2D eigenvalue weighted by molar-refractivity contribution is 0.295. The second-order valence-electron chi connectivity index (χ2n) is 4.81. The van der Waals surface area contributed by atoms with Crippen LogP contribution in [-0.4, -0.2) is 12.0 Å². The van der Waals surface area contributed by atoms with E-state index in [-0.39, 0.29) is 6.04 Å². The van der Waals surface area contributed by atoms with Crippen LogP contribution in [0.2, 0.25) is 0 Å². The van der Waals surface area contributed by atoms with Gasteiger partial charge in [-0.15, -0.1) is 0 Å². The Balaban J connectivity index is 2.15. The minimum absolute atomic E-state index is 0.253. The number of hydrogen-bond acceptors (Lipinski definition) is 3. The molecule has 1 unspecified atom stereocenters. The Hall–Kier alpha value is -1.39. The molecule has 0 fully saturated rings. The smallest absolute Gasteiger partial charge is 0.130 e. The standard InChI is InChI=1S/C16H19BrN2O/c1-11-4-7-15(12(2)18-3)16(8-11)20-10-14-6-5-13(17)9-19-14/h4-9,12,18H,10H2,1-3H3. The number of halogens is 1. The Morgan fingerprint density at radius 2 is 2.10 bits per heavy atom. The van der Waals surface area contributed by atoms with E-state index in [9.17, 15) is 0 Å². The molecule has 2 rings (SSSR count). The van der Waals surface area contributed by atoms with Gasteiger partial charge in [0.25, 0.3) is 0 Å². The van der Waals surface area contributed by atoms with Crippen LogP contribution < -0.4 is 10.1 Å². The summed E-state index contributed by atoms with van der Waals surface area (Å²) in [5.41, 5.74) is 3.27. The van der Waals surface area contributed by atoms with E-state index in [0.717, 1.165) is 21.5 Å². The number of nitrogens with zero attached hydrogens (tertiary/aromatic N) is 1. The van der Waals surface area contributed by atoms with Crippen LogP contribution >= 0.6 is 15.9 Å². The number of hydrogen-bond donors (Lipinski definition) is 1. The van der Waals surface area contributed by atoms with Gasteiger partial charge in [0.15, 0.2) is 0 Å². The lowest BCUT2D eigenvalue weighted by Crippen LogP contribution is -2.14. The summed E-state index contributed by atoms with van der Waals surface area (Å²) in [6.07, 6.45) is 1.78. The van der Waals surface area contributed by atoms with Crippen molar-refractivity contribution < 1.29 is 4.74 Å². The number of ether oxygens (including phenoxy) is 1. The van der Waals surface area contributed by atoms with Crippen molar-refractivity contribution in [1.29, 1.82) is 0 Å². The minimum atomic E-state index is 0.253. The fourth-order valence-electron chi connectivity index (χ4n) is 1.92. The topological polar surface area (TPSA) is 34.1 Å². The van der Waals surface area contributed by atoms with Crippen LogP contribution in [0.3, 0.4) is 0 Å². The lowest BCUT2D eigenvalue weighted by atomic mass is 10.1. The first-order chi connectivity index (χ1) is 9.60. The molecule has 0 radical (unpaired) electrons. The van der Waals surface area contributed by atoms with Crippen LogP contribution in [0, 0.1) is 6.92 Å². The molecule has 1 heterocycles. The predicted octanol–water partition coefficient (Wildman–Crippen LogP) is 4.01. The molecule has 0 saturated carbocycles. The van der Waals surface area contributed by atoms with Crippen LogP contribution in [0.5, 0.6) is 5.75 Å². The monoisotopic (exact) mass is 334 g/mol. The van der Waals surface area contributed by atoms with Crippen LogP contribution in [0.1, 0.15) is 29.8 Å². The molecule has 106 valence electrons. The summed E-state index contributed by atoms with van der Waals surface area (Å²) < 4.78 is 6.92. The Morgan fingerprint density at radius 3 is 2.75 bits per heavy atom. The lowest BCUT2D eigenvalue weighted by Gasteiger charge is -2.17. The van der Waals surface area contributed by atoms with Gasteiger partial charge in [-0.1, -0.05) is 12.1 Å².